The van der Waals surface area contributed by atoms with Gasteiger partial charge in [0.15, 0.2) is 13.4 Å². The second kappa shape index (κ2) is 4.66. The molecule has 4 aliphatic carbocycles. The van der Waals surface area contributed by atoms with Gasteiger partial charge in [0.1, 0.15) is 0 Å². The lowest BCUT2D eigenvalue weighted by Crippen LogP contribution is -2.58. The summed E-state index contributed by atoms with van der Waals surface area (Å²) >= 11 is 0. The topological polar surface area (TPSA) is 99.1 Å². The summed E-state index contributed by atoms with van der Waals surface area (Å²) in [7, 11) is -4.60. The fourth-order valence-electron chi connectivity index (χ4n) is 5.16. The first-order chi connectivity index (χ1) is 10.3. The molecule has 4 saturated carbocycles. The molecule has 5 fully saturated rings. The van der Waals surface area contributed by atoms with Crippen LogP contribution < -0.4 is 0 Å². The van der Waals surface area contributed by atoms with E-state index in [4.69, 9.17) is 18.8 Å². The minimum absolute atomic E-state index is 0.241. The van der Waals surface area contributed by atoms with E-state index in [1.54, 1.807) is 0 Å². The maximum Gasteiger partial charge on any atom is 0.339 e. The highest BCUT2D eigenvalue weighted by molar-refractivity contribution is 7.87. The molecule has 124 valence electrons. The highest BCUT2D eigenvalue weighted by atomic mass is 32.2. The molecule has 1 heterocycles. The maximum absolute atomic E-state index is 12.6. The van der Waals surface area contributed by atoms with Crippen LogP contribution in [-0.4, -0.2) is 37.5 Å². The van der Waals surface area contributed by atoms with Gasteiger partial charge >= 0.3 is 21.2 Å². The lowest BCUT2D eigenvalue weighted by molar-refractivity contribution is -0.362. The Hall–Kier alpha value is -0.700. The first-order valence-electron chi connectivity index (χ1n) is 7.74. The monoisotopic (exact) mass is 332 g/mol. The Morgan fingerprint density at radius 3 is 1.95 bits per heavy atom. The van der Waals surface area contributed by atoms with Crippen LogP contribution in [0.2, 0.25) is 0 Å². The van der Waals surface area contributed by atoms with Crippen molar-refractivity contribution in [2.75, 3.05) is 13.4 Å². The summed E-state index contributed by atoms with van der Waals surface area (Å²) in [6.07, 6.45) is 6.10. The smallest absolute Gasteiger partial charge is 0.339 e. The summed E-state index contributed by atoms with van der Waals surface area (Å²) in [6, 6.07) is 0. The van der Waals surface area contributed by atoms with Crippen molar-refractivity contribution in [3.8, 4) is 0 Å². The van der Waals surface area contributed by atoms with Crippen LogP contribution in [0.25, 0.3) is 0 Å². The first-order valence-corrected chi connectivity index (χ1v) is 9.18. The zero-order valence-corrected chi connectivity index (χ0v) is 13.0. The number of rotatable bonds is 4. The van der Waals surface area contributed by atoms with Crippen LogP contribution in [0.15, 0.2) is 0 Å². The normalized spacial score (nSPS) is 42.0. The summed E-state index contributed by atoms with van der Waals surface area (Å²) in [5.41, 5.74) is -0.473. The van der Waals surface area contributed by atoms with Crippen molar-refractivity contribution < 1.29 is 32.0 Å². The van der Waals surface area contributed by atoms with E-state index in [1.165, 1.54) is 19.3 Å². The van der Waals surface area contributed by atoms with Gasteiger partial charge in [-0.2, -0.15) is 8.42 Å². The number of esters is 1. The van der Waals surface area contributed by atoms with Gasteiger partial charge in [-0.3, -0.25) is 9.35 Å². The predicted octanol–water partition coefficient (Wildman–Crippen LogP) is 1.29. The fraction of sp³-hybridized carbons (Fsp3) is 0.929. The van der Waals surface area contributed by atoms with E-state index >= 15 is 0 Å². The van der Waals surface area contributed by atoms with Crippen molar-refractivity contribution in [3.05, 3.63) is 0 Å². The van der Waals surface area contributed by atoms with E-state index in [0.29, 0.717) is 17.8 Å². The number of hydrogen-bond acceptors (Lipinski definition) is 6. The minimum atomic E-state index is -4.60. The molecule has 7 nitrogen and oxygen atoms in total. The number of carbonyl (C=O) groups is 1. The van der Waals surface area contributed by atoms with E-state index in [2.05, 4.69) is 0 Å². The summed E-state index contributed by atoms with van der Waals surface area (Å²) in [6.45, 7) is -0.860. The Bertz CT molecular complexity index is 557. The van der Waals surface area contributed by atoms with Gasteiger partial charge in [-0.15, -0.1) is 0 Å². The van der Waals surface area contributed by atoms with Crippen LogP contribution >= 0.6 is 0 Å². The van der Waals surface area contributed by atoms with E-state index < -0.39 is 27.3 Å². The first kappa shape index (κ1) is 14.9. The van der Waals surface area contributed by atoms with E-state index in [9.17, 15) is 13.2 Å². The number of hydrogen-bond donors (Lipinski definition) is 1. The molecule has 0 spiro atoms. The predicted molar refractivity (Wildman–Crippen MR) is 72.9 cm³/mol. The second-order valence-electron chi connectivity index (χ2n) is 7.34. The summed E-state index contributed by atoms with van der Waals surface area (Å²) in [5, 5.41) is -2.23. The fourth-order valence-corrected chi connectivity index (χ4v) is 5.77. The molecular weight excluding hydrogens is 312 g/mol. The molecule has 22 heavy (non-hydrogen) atoms. The third kappa shape index (κ3) is 2.11. The van der Waals surface area contributed by atoms with Crippen molar-refractivity contribution in [1.29, 1.82) is 0 Å². The standard InChI is InChI=1S/C14H20O7S/c15-12(19-7-14(20-8-21-14)22(16,17)18)13-4-9-1-10(5-13)3-11(2-9)6-13/h9-11H,1-8H2,(H,16,17,18). The van der Waals surface area contributed by atoms with Crippen LogP contribution in [0, 0.1) is 23.2 Å². The quantitative estimate of drug-likeness (QED) is 0.612. The molecule has 0 aromatic heterocycles. The Labute approximate surface area is 129 Å². The lowest BCUT2D eigenvalue weighted by Gasteiger charge is -2.55. The van der Waals surface area contributed by atoms with Gasteiger partial charge in [-0.25, -0.2) is 0 Å². The van der Waals surface area contributed by atoms with Gasteiger partial charge < -0.3 is 14.2 Å². The van der Waals surface area contributed by atoms with Gasteiger partial charge in [0.25, 0.3) is 0 Å². The molecule has 8 heteroatoms. The summed E-state index contributed by atoms with van der Waals surface area (Å²) < 4.78 is 46.6. The molecular formula is C14H20O7S. The molecule has 0 aromatic carbocycles. The average molecular weight is 332 g/mol. The molecule has 0 amide bonds. The molecule has 0 atom stereocenters. The molecule has 0 radical (unpaired) electrons. The SMILES string of the molecule is O=C(OCC1(S(=O)(=O)O)OCO1)C12CC3CC(CC(C3)C1)C2. The maximum atomic E-state index is 12.6. The van der Waals surface area contributed by atoms with Crippen LogP contribution in [0.3, 0.4) is 0 Å². The van der Waals surface area contributed by atoms with Crippen LogP contribution in [0.1, 0.15) is 38.5 Å². The Morgan fingerprint density at radius 1 is 1.09 bits per heavy atom. The zero-order chi connectivity index (χ0) is 15.6. The Kier molecular flexibility index (Phi) is 3.15. The molecule has 0 aromatic rings. The summed E-state index contributed by atoms with van der Waals surface area (Å²) in [5.74, 6) is 1.40. The molecule has 5 aliphatic rings. The van der Waals surface area contributed by atoms with E-state index in [0.717, 1.165) is 19.3 Å². The average Bonchev–Trinajstić information content (AvgIpc) is 2.33. The second-order valence-corrected chi connectivity index (χ2v) is 8.91. The van der Waals surface area contributed by atoms with Crippen molar-refractivity contribution in [2.24, 2.45) is 23.2 Å². The van der Waals surface area contributed by atoms with Gasteiger partial charge in [0.05, 0.1) is 5.41 Å². The van der Waals surface area contributed by atoms with Gasteiger partial charge in [0, 0.05) is 0 Å². The molecule has 1 N–H and O–H groups in total. The van der Waals surface area contributed by atoms with E-state index in [1.807, 2.05) is 0 Å². The molecule has 1 saturated heterocycles. The summed E-state index contributed by atoms with van der Waals surface area (Å²) in [4.78, 5) is 12.6. The van der Waals surface area contributed by atoms with Crippen LogP contribution in [0.5, 0.6) is 0 Å². The van der Waals surface area contributed by atoms with Gasteiger partial charge in [-0.05, 0) is 56.3 Å². The van der Waals surface area contributed by atoms with Gasteiger partial charge in [0.2, 0.25) is 0 Å². The number of carbonyl (C=O) groups excluding carboxylic acids is 1. The highest BCUT2D eigenvalue weighted by Gasteiger charge is 2.58. The molecule has 1 aliphatic heterocycles. The molecule has 5 rings (SSSR count). The van der Waals surface area contributed by atoms with Crippen molar-refractivity contribution in [1.82, 2.24) is 0 Å². The van der Waals surface area contributed by atoms with E-state index in [-0.39, 0.29) is 12.8 Å². The molecule has 0 unspecified atom stereocenters. The van der Waals surface area contributed by atoms with Gasteiger partial charge in [-0.1, -0.05) is 0 Å². The largest absolute Gasteiger partial charge is 0.458 e. The third-order valence-electron chi connectivity index (χ3n) is 5.80. The Morgan fingerprint density at radius 2 is 1.59 bits per heavy atom. The highest BCUT2D eigenvalue weighted by Crippen LogP contribution is 2.60. The third-order valence-corrected chi connectivity index (χ3v) is 6.94. The molecule has 4 bridgehead atoms. The minimum Gasteiger partial charge on any atom is -0.458 e. The number of ether oxygens (including phenoxy) is 3. The van der Waals surface area contributed by atoms with Crippen molar-refractivity contribution in [3.63, 3.8) is 0 Å². The lowest BCUT2D eigenvalue weighted by atomic mass is 9.49. The van der Waals surface area contributed by atoms with Crippen LogP contribution in [-0.2, 0) is 29.1 Å². The van der Waals surface area contributed by atoms with Crippen molar-refractivity contribution in [2.45, 2.75) is 43.6 Å². The van der Waals surface area contributed by atoms with Crippen molar-refractivity contribution >= 4 is 16.1 Å². The Balaban J connectivity index is 1.47. The van der Waals surface area contributed by atoms with Crippen LogP contribution in [0.4, 0.5) is 0 Å². The zero-order valence-electron chi connectivity index (χ0n) is 12.2.